The van der Waals surface area contributed by atoms with Crippen LogP contribution in [-0.2, 0) is 9.53 Å². The van der Waals surface area contributed by atoms with E-state index in [0.29, 0.717) is 0 Å². The lowest BCUT2D eigenvalue weighted by atomic mass is 9.61. The zero-order valence-electron chi connectivity index (χ0n) is 19.6. The van der Waals surface area contributed by atoms with Crippen LogP contribution >= 0.6 is 0 Å². The number of alkyl halides is 12. The van der Waals surface area contributed by atoms with Crippen molar-refractivity contribution in [3.05, 3.63) is 0 Å². The van der Waals surface area contributed by atoms with E-state index in [-0.39, 0.29) is 20.8 Å². The third-order valence-electron chi connectivity index (χ3n) is 7.08. The Labute approximate surface area is 198 Å². The fourth-order valence-corrected chi connectivity index (χ4v) is 4.14. The second-order valence-corrected chi connectivity index (χ2v) is 10.1. The first-order valence-corrected chi connectivity index (χ1v) is 10.4. The van der Waals surface area contributed by atoms with Gasteiger partial charge < -0.3 is 14.9 Å². The third-order valence-corrected chi connectivity index (χ3v) is 7.08. The van der Waals surface area contributed by atoms with Crippen LogP contribution in [-0.4, -0.2) is 63.1 Å². The first-order chi connectivity index (χ1) is 15.4. The van der Waals surface area contributed by atoms with Crippen LogP contribution in [0.2, 0.25) is 0 Å². The molecule has 2 N–H and O–H groups in total. The van der Waals surface area contributed by atoms with Gasteiger partial charge in [0.1, 0.15) is 5.60 Å². The lowest BCUT2D eigenvalue weighted by Crippen LogP contribution is -2.65. The molecule has 4 nitrogen and oxygen atoms in total. The Morgan fingerprint density at radius 1 is 0.639 bits per heavy atom. The number of esters is 1. The number of hydrogen-bond donors (Lipinski definition) is 2. The van der Waals surface area contributed by atoms with Gasteiger partial charge in [0.15, 0.2) is 5.60 Å². The Hall–Kier alpha value is -1.45. The van der Waals surface area contributed by atoms with Crippen molar-refractivity contribution in [2.24, 2.45) is 17.8 Å². The van der Waals surface area contributed by atoms with Crippen molar-refractivity contribution in [3.8, 4) is 0 Å². The highest BCUT2D eigenvalue weighted by atomic mass is 19.4. The molecule has 1 rings (SSSR count). The predicted molar refractivity (Wildman–Crippen MR) is 98.4 cm³/mol. The van der Waals surface area contributed by atoms with Gasteiger partial charge in [-0.2, -0.15) is 39.5 Å². The molecule has 0 spiro atoms. The van der Waals surface area contributed by atoms with Gasteiger partial charge in [-0.05, 0) is 58.8 Å². The molecule has 1 aliphatic rings. The lowest BCUT2D eigenvalue weighted by molar-refractivity contribution is -0.392. The number of aliphatic hydroxyl groups is 2. The maximum atomic E-state index is 14.3. The molecule has 1 saturated carbocycles. The van der Waals surface area contributed by atoms with Gasteiger partial charge in [-0.25, -0.2) is 18.0 Å². The van der Waals surface area contributed by atoms with E-state index in [1.165, 1.54) is 0 Å². The van der Waals surface area contributed by atoms with Crippen LogP contribution in [0, 0.1) is 17.8 Å². The van der Waals surface area contributed by atoms with E-state index in [9.17, 15) is 67.7 Å². The van der Waals surface area contributed by atoms with Crippen molar-refractivity contribution in [1.82, 2.24) is 0 Å². The van der Waals surface area contributed by atoms with E-state index < -0.39 is 89.9 Å². The fourth-order valence-electron chi connectivity index (χ4n) is 4.14. The summed E-state index contributed by atoms with van der Waals surface area (Å²) in [5.74, 6) is -14.0. The van der Waals surface area contributed by atoms with Crippen molar-refractivity contribution < 1.29 is 72.4 Å². The lowest BCUT2D eigenvalue weighted by Gasteiger charge is -2.50. The Morgan fingerprint density at radius 3 is 1.33 bits per heavy atom. The van der Waals surface area contributed by atoms with E-state index in [4.69, 9.17) is 0 Å². The SMILES string of the molecule is CC(C)(OC(=O)C(C)(F)C(C)(F)F)C1CC(C(C)(O)C(F)(F)F)CC(C(O)(C(F)(F)F)C(F)(F)F)C1. The van der Waals surface area contributed by atoms with Gasteiger partial charge >= 0.3 is 24.5 Å². The van der Waals surface area contributed by atoms with Crippen molar-refractivity contribution in [2.75, 3.05) is 0 Å². The van der Waals surface area contributed by atoms with Crippen LogP contribution in [0.15, 0.2) is 0 Å². The number of ether oxygens (including phenoxy) is 1. The van der Waals surface area contributed by atoms with E-state index in [1.807, 2.05) is 0 Å². The fraction of sp³-hybridized carbons (Fsp3) is 0.950. The molecule has 0 aromatic heterocycles. The summed E-state index contributed by atoms with van der Waals surface area (Å²) in [6.07, 6.45) is -22.4. The molecule has 0 amide bonds. The molecule has 0 bridgehead atoms. The van der Waals surface area contributed by atoms with Gasteiger partial charge in [-0.3, -0.25) is 0 Å². The first kappa shape index (κ1) is 32.6. The van der Waals surface area contributed by atoms with Gasteiger partial charge in [-0.15, -0.1) is 0 Å². The van der Waals surface area contributed by atoms with Crippen molar-refractivity contribution in [1.29, 1.82) is 0 Å². The molecule has 1 aliphatic carbocycles. The number of carbonyl (C=O) groups is 1. The maximum absolute atomic E-state index is 14.3. The van der Waals surface area contributed by atoms with Crippen LogP contribution in [0.4, 0.5) is 52.7 Å². The average Bonchev–Trinajstić information content (AvgIpc) is 2.62. The largest absolute Gasteiger partial charge is 0.457 e. The molecule has 36 heavy (non-hydrogen) atoms. The van der Waals surface area contributed by atoms with Crippen LogP contribution in [0.1, 0.15) is 53.9 Å². The highest BCUT2D eigenvalue weighted by Gasteiger charge is 2.75. The molecular weight excluding hydrogens is 532 g/mol. The molecular formula is C20H26F12O4. The van der Waals surface area contributed by atoms with Gasteiger partial charge in [0.25, 0.3) is 17.2 Å². The number of carbonyl (C=O) groups excluding carboxylic acids is 1. The Bertz CT molecular complexity index is 791. The summed E-state index contributed by atoms with van der Waals surface area (Å²) in [5, 5.41) is 19.8. The maximum Gasteiger partial charge on any atom is 0.426 e. The minimum absolute atomic E-state index is 0.0127. The molecule has 16 heteroatoms. The second kappa shape index (κ2) is 9.09. The molecule has 0 radical (unpaired) electrons. The van der Waals surface area contributed by atoms with Crippen LogP contribution < -0.4 is 0 Å². The van der Waals surface area contributed by atoms with Crippen LogP contribution in [0.3, 0.4) is 0 Å². The minimum atomic E-state index is -6.44. The standard InChI is InChI=1S/C20H26F12O4/c1-13(2,36-12(33)14(3,21)16(5,22)23)9-6-10(15(4,34)18(24,25)26)8-11(7-9)17(35,19(27,28)29)20(30,31)32/h9-11,34-35H,6-8H2,1-5H3. The number of halogens is 12. The first-order valence-electron chi connectivity index (χ1n) is 10.4. The van der Waals surface area contributed by atoms with Gasteiger partial charge in [0, 0.05) is 12.8 Å². The van der Waals surface area contributed by atoms with E-state index >= 15 is 0 Å². The molecule has 0 aromatic rings. The minimum Gasteiger partial charge on any atom is -0.457 e. The third kappa shape index (κ3) is 5.68. The summed E-state index contributed by atoms with van der Waals surface area (Å²) in [4.78, 5) is 12.1. The Balaban J connectivity index is 3.62. The molecule has 0 saturated heterocycles. The highest BCUT2D eigenvalue weighted by Crippen LogP contribution is 2.57. The number of rotatable bonds is 6. The zero-order chi connectivity index (χ0) is 29.1. The van der Waals surface area contributed by atoms with Gasteiger partial charge in [0.2, 0.25) is 0 Å². The molecule has 0 aliphatic heterocycles. The van der Waals surface area contributed by atoms with E-state index in [0.717, 1.165) is 13.8 Å². The number of hydrogen-bond acceptors (Lipinski definition) is 4. The Kier molecular flexibility index (Phi) is 8.22. The molecule has 5 unspecified atom stereocenters. The highest BCUT2D eigenvalue weighted by molar-refractivity contribution is 5.80. The normalized spacial score (nSPS) is 26.7. The second-order valence-electron chi connectivity index (χ2n) is 10.1. The smallest absolute Gasteiger partial charge is 0.426 e. The van der Waals surface area contributed by atoms with Crippen LogP contribution in [0.5, 0.6) is 0 Å². The van der Waals surface area contributed by atoms with Crippen molar-refractivity contribution in [2.45, 2.75) is 101 Å². The topological polar surface area (TPSA) is 66.8 Å². The van der Waals surface area contributed by atoms with Crippen molar-refractivity contribution >= 4 is 5.97 Å². The quantitative estimate of drug-likeness (QED) is 0.315. The monoisotopic (exact) mass is 558 g/mol. The summed E-state index contributed by atoms with van der Waals surface area (Å²) >= 11 is 0. The average molecular weight is 558 g/mol. The van der Waals surface area contributed by atoms with Crippen LogP contribution in [0.25, 0.3) is 0 Å². The molecule has 0 aromatic carbocycles. The predicted octanol–water partition coefficient (Wildman–Crippen LogP) is 5.89. The van der Waals surface area contributed by atoms with E-state index in [1.54, 1.807) is 0 Å². The van der Waals surface area contributed by atoms with Gasteiger partial charge in [0.05, 0.1) is 0 Å². The Morgan fingerprint density at radius 2 is 1.00 bits per heavy atom. The summed E-state index contributed by atoms with van der Waals surface area (Å²) in [7, 11) is 0. The molecule has 1 fully saturated rings. The summed E-state index contributed by atoms with van der Waals surface area (Å²) in [6.45, 7) is 1.72. The summed E-state index contributed by atoms with van der Waals surface area (Å²) in [6, 6.07) is 0. The molecule has 0 heterocycles. The summed E-state index contributed by atoms with van der Waals surface area (Å²) < 4.78 is 167. The van der Waals surface area contributed by atoms with Gasteiger partial charge in [-0.1, -0.05) is 0 Å². The molecule has 5 atom stereocenters. The summed E-state index contributed by atoms with van der Waals surface area (Å²) in [5.41, 5.74) is -15.8. The zero-order valence-corrected chi connectivity index (χ0v) is 19.6. The molecule has 214 valence electrons. The van der Waals surface area contributed by atoms with Crippen molar-refractivity contribution in [3.63, 3.8) is 0 Å². The van der Waals surface area contributed by atoms with E-state index in [2.05, 4.69) is 4.74 Å².